The summed E-state index contributed by atoms with van der Waals surface area (Å²) in [7, 11) is 0. The molecule has 0 N–H and O–H groups in total. The Morgan fingerprint density at radius 3 is 2.85 bits per heavy atom. The number of hydrogen-bond donors (Lipinski definition) is 0. The number of ether oxygens (including phenoxy) is 2. The number of nitrogens with zero attached hydrogens (tertiary/aromatic N) is 2. The minimum Gasteiger partial charge on any atom is -0.486 e. The van der Waals surface area contributed by atoms with Gasteiger partial charge >= 0.3 is 0 Å². The van der Waals surface area contributed by atoms with E-state index in [1.165, 1.54) is 0 Å². The van der Waals surface area contributed by atoms with Crippen LogP contribution in [-0.2, 0) is 0 Å². The van der Waals surface area contributed by atoms with Gasteiger partial charge in [-0.15, -0.1) is 0 Å². The lowest BCUT2D eigenvalue weighted by atomic mass is 10.1. The molecule has 0 radical (unpaired) electrons. The van der Waals surface area contributed by atoms with Gasteiger partial charge in [0.05, 0.1) is 16.9 Å². The molecule has 0 unspecified atom stereocenters. The van der Waals surface area contributed by atoms with Crippen molar-refractivity contribution < 1.29 is 9.47 Å². The number of fused-ring (bicyclic) bond motifs is 2. The van der Waals surface area contributed by atoms with Gasteiger partial charge in [0.25, 0.3) is 0 Å². The van der Waals surface area contributed by atoms with Gasteiger partial charge in [-0.3, -0.25) is 4.40 Å². The van der Waals surface area contributed by atoms with E-state index in [1.807, 2.05) is 47.1 Å². The van der Waals surface area contributed by atoms with E-state index in [1.54, 1.807) is 0 Å². The number of halogens is 1. The van der Waals surface area contributed by atoms with Gasteiger partial charge in [0.2, 0.25) is 0 Å². The summed E-state index contributed by atoms with van der Waals surface area (Å²) in [4.78, 5) is 4.37. The summed E-state index contributed by atoms with van der Waals surface area (Å²) in [5, 5.41) is 0.635. The van der Waals surface area contributed by atoms with Crippen LogP contribution in [0.15, 0.2) is 42.7 Å². The summed E-state index contributed by atoms with van der Waals surface area (Å²) >= 11 is 6.15. The van der Waals surface area contributed by atoms with Crippen LogP contribution < -0.4 is 9.47 Å². The lowest BCUT2D eigenvalue weighted by Crippen LogP contribution is -2.15. The highest BCUT2D eigenvalue weighted by Crippen LogP contribution is 2.35. The van der Waals surface area contributed by atoms with Gasteiger partial charge < -0.3 is 9.47 Å². The number of aromatic nitrogens is 2. The maximum absolute atomic E-state index is 6.15. The van der Waals surface area contributed by atoms with Crippen LogP contribution in [-0.4, -0.2) is 22.6 Å². The molecule has 1 aliphatic rings. The fraction of sp³-hybridized carbons (Fsp3) is 0.133. The summed E-state index contributed by atoms with van der Waals surface area (Å²) in [6, 6.07) is 9.63. The third kappa shape index (κ3) is 1.72. The largest absolute Gasteiger partial charge is 0.486 e. The number of rotatable bonds is 1. The van der Waals surface area contributed by atoms with Crippen LogP contribution in [0.1, 0.15) is 0 Å². The minimum absolute atomic E-state index is 0.579. The average molecular weight is 287 g/mol. The Hall–Kier alpha value is -2.20. The normalized spacial score (nSPS) is 13.7. The summed E-state index contributed by atoms with van der Waals surface area (Å²) in [5.41, 5.74) is 2.74. The molecule has 1 aliphatic heterocycles. The number of hydrogen-bond acceptors (Lipinski definition) is 3. The first-order chi connectivity index (χ1) is 9.83. The molecule has 4 nitrogen and oxygen atoms in total. The van der Waals surface area contributed by atoms with Crippen LogP contribution in [0.2, 0.25) is 5.02 Å². The molecule has 100 valence electrons. The molecule has 5 heteroatoms. The van der Waals surface area contributed by atoms with Crippen molar-refractivity contribution in [3.05, 3.63) is 47.7 Å². The first-order valence-corrected chi connectivity index (χ1v) is 6.72. The van der Waals surface area contributed by atoms with Crippen molar-refractivity contribution in [2.24, 2.45) is 0 Å². The Balaban J connectivity index is 1.89. The molecular weight excluding hydrogens is 276 g/mol. The Bertz CT molecular complexity index is 798. The number of benzene rings is 1. The van der Waals surface area contributed by atoms with Gasteiger partial charge in [-0.2, -0.15) is 0 Å². The Morgan fingerprint density at radius 2 is 1.95 bits per heavy atom. The Morgan fingerprint density at radius 1 is 1.10 bits per heavy atom. The van der Waals surface area contributed by atoms with E-state index in [-0.39, 0.29) is 0 Å². The van der Waals surface area contributed by atoms with Crippen LogP contribution in [0, 0.1) is 0 Å². The Labute approximate surface area is 120 Å². The van der Waals surface area contributed by atoms with E-state index < -0.39 is 0 Å². The van der Waals surface area contributed by atoms with Crippen molar-refractivity contribution in [1.82, 2.24) is 9.38 Å². The van der Waals surface area contributed by atoms with Crippen LogP contribution in [0.5, 0.6) is 11.5 Å². The molecule has 0 bridgehead atoms. The van der Waals surface area contributed by atoms with Crippen LogP contribution in [0.25, 0.3) is 16.9 Å². The molecule has 0 amide bonds. The fourth-order valence-corrected chi connectivity index (χ4v) is 2.61. The second kappa shape index (κ2) is 4.42. The lowest BCUT2D eigenvalue weighted by Gasteiger charge is -2.18. The maximum Gasteiger partial charge on any atom is 0.162 e. The van der Waals surface area contributed by atoms with Crippen molar-refractivity contribution in [3.63, 3.8) is 0 Å². The molecule has 3 aromatic rings. The van der Waals surface area contributed by atoms with E-state index >= 15 is 0 Å². The average Bonchev–Trinajstić information content (AvgIpc) is 2.92. The van der Waals surface area contributed by atoms with Crippen molar-refractivity contribution in [2.75, 3.05) is 13.2 Å². The van der Waals surface area contributed by atoms with Crippen molar-refractivity contribution in [1.29, 1.82) is 0 Å². The molecule has 3 heterocycles. The van der Waals surface area contributed by atoms with Crippen LogP contribution in [0.4, 0.5) is 0 Å². The summed E-state index contributed by atoms with van der Waals surface area (Å²) in [5.74, 6) is 1.55. The highest BCUT2D eigenvalue weighted by Gasteiger charge is 2.14. The van der Waals surface area contributed by atoms with E-state index in [4.69, 9.17) is 21.1 Å². The minimum atomic E-state index is 0.579. The van der Waals surface area contributed by atoms with Crippen LogP contribution in [0.3, 0.4) is 0 Å². The monoisotopic (exact) mass is 286 g/mol. The van der Waals surface area contributed by atoms with Gasteiger partial charge in [-0.05, 0) is 30.3 Å². The second-order valence-electron chi connectivity index (χ2n) is 4.55. The van der Waals surface area contributed by atoms with E-state index in [0.717, 1.165) is 28.4 Å². The molecule has 0 fully saturated rings. The molecule has 0 saturated carbocycles. The van der Waals surface area contributed by atoms with E-state index in [0.29, 0.717) is 18.2 Å². The first-order valence-electron chi connectivity index (χ1n) is 6.34. The standard InChI is InChI=1S/C15H11ClN2O2/c16-11-2-1-5-18-12(9-17-15(11)18)10-3-4-13-14(8-10)20-7-6-19-13/h1-5,8-9H,6-7H2. The zero-order valence-electron chi connectivity index (χ0n) is 10.5. The highest BCUT2D eigenvalue weighted by molar-refractivity contribution is 6.33. The summed E-state index contributed by atoms with van der Waals surface area (Å²) in [6.07, 6.45) is 3.76. The SMILES string of the molecule is Clc1cccn2c(-c3ccc4c(c3)OCCO4)cnc12. The molecule has 0 atom stereocenters. The van der Waals surface area contributed by atoms with Gasteiger partial charge in [0, 0.05) is 11.8 Å². The first kappa shape index (κ1) is 11.6. The second-order valence-corrected chi connectivity index (χ2v) is 4.96. The van der Waals surface area contributed by atoms with Crippen molar-refractivity contribution >= 4 is 17.2 Å². The van der Waals surface area contributed by atoms with Crippen LogP contribution >= 0.6 is 11.6 Å². The zero-order chi connectivity index (χ0) is 13.5. The molecule has 20 heavy (non-hydrogen) atoms. The number of pyridine rings is 1. The predicted molar refractivity (Wildman–Crippen MR) is 76.6 cm³/mol. The topological polar surface area (TPSA) is 35.8 Å². The molecule has 0 saturated heterocycles. The molecular formula is C15H11ClN2O2. The lowest BCUT2D eigenvalue weighted by molar-refractivity contribution is 0.171. The third-order valence-corrected chi connectivity index (χ3v) is 3.62. The van der Waals surface area contributed by atoms with E-state index in [9.17, 15) is 0 Å². The van der Waals surface area contributed by atoms with Gasteiger partial charge in [0.15, 0.2) is 17.1 Å². The molecule has 0 spiro atoms. The third-order valence-electron chi connectivity index (χ3n) is 3.33. The molecule has 4 rings (SSSR count). The predicted octanol–water partition coefficient (Wildman–Crippen LogP) is 3.43. The fourth-order valence-electron chi connectivity index (χ4n) is 2.39. The summed E-state index contributed by atoms with van der Waals surface area (Å²) in [6.45, 7) is 1.17. The zero-order valence-corrected chi connectivity index (χ0v) is 11.3. The van der Waals surface area contributed by atoms with Crippen molar-refractivity contribution in [3.8, 4) is 22.8 Å². The van der Waals surface area contributed by atoms with Gasteiger partial charge in [-0.1, -0.05) is 11.6 Å². The van der Waals surface area contributed by atoms with E-state index in [2.05, 4.69) is 4.98 Å². The number of imidazole rings is 1. The molecule has 1 aromatic carbocycles. The maximum atomic E-state index is 6.15. The molecule has 2 aromatic heterocycles. The highest BCUT2D eigenvalue weighted by atomic mass is 35.5. The Kier molecular flexibility index (Phi) is 2.57. The smallest absolute Gasteiger partial charge is 0.162 e. The van der Waals surface area contributed by atoms with Gasteiger partial charge in [-0.25, -0.2) is 4.98 Å². The van der Waals surface area contributed by atoms with Gasteiger partial charge in [0.1, 0.15) is 13.2 Å². The quantitative estimate of drug-likeness (QED) is 0.687. The summed E-state index contributed by atoms with van der Waals surface area (Å²) < 4.78 is 13.1. The molecule has 0 aliphatic carbocycles. The van der Waals surface area contributed by atoms with Crippen molar-refractivity contribution in [2.45, 2.75) is 0 Å².